The second-order valence-electron chi connectivity index (χ2n) is 4.78. The number of hydrogen-bond donors (Lipinski definition) is 1. The van der Waals surface area contributed by atoms with Crippen LogP contribution in [0.3, 0.4) is 0 Å². The van der Waals surface area contributed by atoms with Crippen molar-refractivity contribution in [2.24, 2.45) is 0 Å². The van der Waals surface area contributed by atoms with Gasteiger partial charge < -0.3 is 5.11 Å². The molecule has 2 aromatic rings. The molecule has 0 heterocycles. The predicted molar refractivity (Wildman–Crippen MR) is 78.8 cm³/mol. The Bertz CT molecular complexity index is 548. The lowest BCUT2D eigenvalue weighted by atomic mass is 9.92. The lowest BCUT2D eigenvalue weighted by molar-refractivity contribution is 0.264. The summed E-state index contributed by atoms with van der Waals surface area (Å²) in [5.74, 6) is -0.265. The fourth-order valence-corrected chi connectivity index (χ4v) is 2.74. The first kappa shape index (κ1) is 14.2. The molecule has 19 heavy (non-hydrogen) atoms. The molecule has 0 saturated carbocycles. The summed E-state index contributed by atoms with van der Waals surface area (Å²) in [6.07, 6.45) is 0.621. The van der Waals surface area contributed by atoms with Gasteiger partial charge in [0.1, 0.15) is 5.82 Å². The van der Waals surface area contributed by atoms with Crippen LogP contribution in [-0.2, 0) is 6.42 Å². The van der Waals surface area contributed by atoms with Gasteiger partial charge in [0.15, 0.2) is 0 Å². The maximum atomic E-state index is 13.4. The van der Waals surface area contributed by atoms with Crippen molar-refractivity contribution in [3.63, 3.8) is 0 Å². The summed E-state index contributed by atoms with van der Waals surface area (Å²) < 4.78 is 14.1. The van der Waals surface area contributed by atoms with Crippen molar-refractivity contribution in [3.05, 3.63) is 69.4 Å². The van der Waals surface area contributed by atoms with Crippen molar-refractivity contribution in [1.29, 1.82) is 0 Å². The lowest BCUT2D eigenvalue weighted by Gasteiger charge is -2.15. The van der Waals surface area contributed by atoms with Gasteiger partial charge in [-0.05, 0) is 42.7 Å². The first-order valence-electron chi connectivity index (χ1n) is 6.21. The number of rotatable bonds is 4. The van der Waals surface area contributed by atoms with Crippen molar-refractivity contribution in [2.75, 3.05) is 6.61 Å². The molecule has 3 heteroatoms. The van der Waals surface area contributed by atoms with Crippen molar-refractivity contribution in [3.8, 4) is 0 Å². The molecule has 0 spiro atoms. The van der Waals surface area contributed by atoms with E-state index in [1.54, 1.807) is 0 Å². The fourth-order valence-electron chi connectivity index (χ4n) is 2.23. The standard InChI is InChI=1S/C16H16BrFO/c1-11-3-2-4-13(5-11)14(10-19)6-12-7-15(17)9-16(18)8-12/h2-5,7-9,14,19H,6,10H2,1H3. The third kappa shape index (κ3) is 3.88. The third-order valence-electron chi connectivity index (χ3n) is 3.14. The maximum Gasteiger partial charge on any atom is 0.124 e. The molecule has 0 aromatic heterocycles. The molecule has 100 valence electrons. The largest absolute Gasteiger partial charge is 0.396 e. The van der Waals surface area contributed by atoms with E-state index in [4.69, 9.17) is 0 Å². The summed E-state index contributed by atoms with van der Waals surface area (Å²) in [4.78, 5) is 0. The van der Waals surface area contributed by atoms with Gasteiger partial charge in [0.25, 0.3) is 0 Å². The maximum absolute atomic E-state index is 13.4. The van der Waals surface area contributed by atoms with Gasteiger partial charge in [-0.25, -0.2) is 4.39 Å². The first-order chi connectivity index (χ1) is 9.08. The average molecular weight is 323 g/mol. The molecule has 2 rings (SSSR count). The minimum absolute atomic E-state index is 0.00593. The number of aliphatic hydroxyl groups is 1. The highest BCUT2D eigenvalue weighted by Crippen LogP contribution is 2.24. The zero-order valence-electron chi connectivity index (χ0n) is 10.7. The monoisotopic (exact) mass is 322 g/mol. The smallest absolute Gasteiger partial charge is 0.124 e. The van der Waals surface area contributed by atoms with Gasteiger partial charge in [-0.2, -0.15) is 0 Å². The molecule has 0 amide bonds. The van der Waals surface area contributed by atoms with E-state index in [0.29, 0.717) is 6.42 Å². The van der Waals surface area contributed by atoms with Gasteiger partial charge >= 0.3 is 0 Å². The highest BCUT2D eigenvalue weighted by Gasteiger charge is 2.12. The minimum atomic E-state index is -0.259. The Balaban J connectivity index is 2.23. The second kappa shape index (κ2) is 6.31. The molecule has 0 bridgehead atoms. The van der Waals surface area contributed by atoms with Crippen molar-refractivity contribution < 1.29 is 9.50 Å². The Hall–Kier alpha value is -1.19. The van der Waals surface area contributed by atoms with E-state index in [1.165, 1.54) is 12.1 Å². The predicted octanol–water partition coefficient (Wildman–Crippen LogP) is 4.22. The molecule has 1 N–H and O–H groups in total. The Morgan fingerprint density at radius 1 is 1.21 bits per heavy atom. The molecule has 0 aliphatic heterocycles. The molecule has 0 aliphatic carbocycles. The first-order valence-corrected chi connectivity index (χ1v) is 7.00. The summed E-state index contributed by atoms with van der Waals surface area (Å²) in [5.41, 5.74) is 3.13. The molecule has 1 atom stereocenters. The molecule has 0 saturated heterocycles. The SMILES string of the molecule is Cc1cccc(C(CO)Cc2cc(F)cc(Br)c2)c1. The number of halogens is 2. The summed E-state index contributed by atoms with van der Waals surface area (Å²) in [5, 5.41) is 9.56. The van der Waals surface area contributed by atoms with E-state index in [-0.39, 0.29) is 18.3 Å². The third-order valence-corrected chi connectivity index (χ3v) is 3.60. The Kier molecular flexibility index (Phi) is 4.72. The van der Waals surface area contributed by atoms with Crippen LogP contribution < -0.4 is 0 Å². The van der Waals surface area contributed by atoms with Gasteiger partial charge in [-0.3, -0.25) is 0 Å². The van der Waals surface area contributed by atoms with E-state index in [2.05, 4.69) is 22.0 Å². The molecule has 0 radical (unpaired) electrons. The average Bonchev–Trinajstić information content (AvgIpc) is 2.34. The van der Waals surface area contributed by atoms with E-state index in [1.807, 2.05) is 31.2 Å². The quantitative estimate of drug-likeness (QED) is 0.893. The van der Waals surface area contributed by atoms with E-state index in [9.17, 15) is 9.50 Å². The van der Waals surface area contributed by atoms with Gasteiger partial charge in [0.05, 0.1) is 6.61 Å². The van der Waals surface area contributed by atoms with E-state index < -0.39 is 0 Å². The summed E-state index contributed by atoms with van der Waals surface area (Å²) in [6, 6.07) is 12.9. The molecule has 1 unspecified atom stereocenters. The van der Waals surface area contributed by atoms with Crippen LogP contribution in [0.1, 0.15) is 22.6 Å². The highest BCUT2D eigenvalue weighted by molar-refractivity contribution is 9.10. The number of aliphatic hydroxyl groups excluding tert-OH is 1. The molecule has 2 aromatic carbocycles. The van der Waals surface area contributed by atoms with Crippen LogP contribution in [-0.4, -0.2) is 11.7 Å². The van der Waals surface area contributed by atoms with Crippen LogP contribution in [0.15, 0.2) is 46.9 Å². The Morgan fingerprint density at radius 2 is 2.00 bits per heavy atom. The van der Waals surface area contributed by atoms with Crippen molar-refractivity contribution in [2.45, 2.75) is 19.3 Å². The van der Waals surface area contributed by atoms with Crippen molar-refractivity contribution >= 4 is 15.9 Å². The lowest BCUT2D eigenvalue weighted by Crippen LogP contribution is -2.08. The normalized spacial score (nSPS) is 12.4. The number of benzene rings is 2. The molecular formula is C16H16BrFO. The summed E-state index contributed by atoms with van der Waals surface area (Å²) in [6.45, 7) is 2.08. The Morgan fingerprint density at radius 3 is 2.63 bits per heavy atom. The number of hydrogen-bond acceptors (Lipinski definition) is 1. The topological polar surface area (TPSA) is 20.2 Å². The van der Waals surface area contributed by atoms with Gasteiger partial charge in [0, 0.05) is 10.4 Å². The zero-order chi connectivity index (χ0) is 13.8. The summed E-state index contributed by atoms with van der Waals surface area (Å²) >= 11 is 3.29. The molecule has 0 aliphatic rings. The van der Waals surface area contributed by atoms with Gasteiger partial charge in [-0.15, -0.1) is 0 Å². The van der Waals surface area contributed by atoms with Gasteiger partial charge in [-0.1, -0.05) is 45.8 Å². The van der Waals surface area contributed by atoms with Crippen LogP contribution in [0, 0.1) is 12.7 Å². The Labute approximate surface area is 121 Å². The van der Waals surface area contributed by atoms with Crippen LogP contribution >= 0.6 is 15.9 Å². The minimum Gasteiger partial charge on any atom is -0.396 e. The molecule has 0 fully saturated rings. The van der Waals surface area contributed by atoms with Crippen LogP contribution in [0.4, 0.5) is 4.39 Å². The van der Waals surface area contributed by atoms with Crippen molar-refractivity contribution in [1.82, 2.24) is 0 Å². The van der Waals surface area contributed by atoms with Crippen LogP contribution in [0.2, 0.25) is 0 Å². The van der Waals surface area contributed by atoms with Crippen LogP contribution in [0.5, 0.6) is 0 Å². The van der Waals surface area contributed by atoms with Gasteiger partial charge in [0.2, 0.25) is 0 Å². The molecular weight excluding hydrogens is 307 g/mol. The number of aryl methyl sites for hydroxylation is 1. The highest BCUT2D eigenvalue weighted by atomic mass is 79.9. The fraction of sp³-hybridized carbons (Fsp3) is 0.250. The summed E-state index contributed by atoms with van der Waals surface area (Å²) in [7, 11) is 0. The zero-order valence-corrected chi connectivity index (χ0v) is 12.3. The van der Waals surface area contributed by atoms with E-state index in [0.717, 1.165) is 21.2 Å². The second-order valence-corrected chi connectivity index (χ2v) is 5.69. The van der Waals surface area contributed by atoms with E-state index >= 15 is 0 Å². The molecule has 1 nitrogen and oxygen atoms in total. The van der Waals surface area contributed by atoms with Crippen LogP contribution in [0.25, 0.3) is 0 Å².